The molecule has 0 aliphatic rings. The highest BCUT2D eigenvalue weighted by atomic mass is 35.5. The van der Waals surface area contributed by atoms with Gasteiger partial charge in [-0.05, 0) is 12.1 Å². The number of benzene rings is 1. The summed E-state index contributed by atoms with van der Waals surface area (Å²) < 4.78 is 19.7. The molecule has 1 aromatic carbocycles. The summed E-state index contributed by atoms with van der Waals surface area (Å²) >= 11 is 5.63. The van der Waals surface area contributed by atoms with Gasteiger partial charge in [-0.1, -0.05) is 16.8 Å². The summed E-state index contributed by atoms with van der Waals surface area (Å²) in [5.41, 5.74) is 2.06. The number of hydrogen-bond acceptors (Lipinski definition) is 5. The molecule has 0 atom stereocenters. The average molecular weight is 300 g/mol. The first-order valence-electron chi connectivity index (χ1n) is 5.59. The van der Waals surface area contributed by atoms with Crippen molar-refractivity contribution in [3.05, 3.63) is 40.9 Å². The van der Waals surface area contributed by atoms with Gasteiger partial charge in [0.1, 0.15) is 18.2 Å². The van der Waals surface area contributed by atoms with E-state index in [1.807, 2.05) is 5.43 Å². The molecule has 1 amide bonds. The van der Waals surface area contributed by atoms with Crippen LogP contribution in [0.25, 0.3) is 0 Å². The Kier molecular flexibility index (Phi) is 4.49. The van der Waals surface area contributed by atoms with Gasteiger partial charge in [0, 0.05) is 6.07 Å². The third-order valence-corrected chi connectivity index (χ3v) is 2.67. The topological polar surface area (TPSA) is 95.1 Å². The van der Waals surface area contributed by atoms with E-state index in [0.717, 1.165) is 0 Å². The molecule has 3 N–H and O–H groups in total. The van der Waals surface area contributed by atoms with Gasteiger partial charge in [0.25, 0.3) is 5.91 Å². The van der Waals surface area contributed by atoms with Crippen molar-refractivity contribution in [3.63, 3.8) is 0 Å². The SMILES string of the molecule is NNC(=O)c1cn(CCOc2ccc(F)c(Cl)c2)nn1. The van der Waals surface area contributed by atoms with Crippen molar-refractivity contribution in [1.82, 2.24) is 20.4 Å². The summed E-state index contributed by atoms with van der Waals surface area (Å²) in [5, 5.41) is 7.36. The predicted octanol–water partition coefficient (Wildman–Crippen LogP) is 0.753. The number of amides is 1. The summed E-state index contributed by atoms with van der Waals surface area (Å²) in [6.45, 7) is 0.620. The molecule has 0 unspecified atom stereocenters. The van der Waals surface area contributed by atoms with Crippen molar-refractivity contribution < 1.29 is 13.9 Å². The van der Waals surface area contributed by atoms with Crippen LogP contribution in [0.2, 0.25) is 5.02 Å². The minimum absolute atomic E-state index is 0.00911. The second-order valence-electron chi connectivity index (χ2n) is 3.76. The van der Waals surface area contributed by atoms with Gasteiger partial charge in [-0.15, -0.1) is 5.10 Å². The van der Waals surface area contributed by atoms with Crippen molar-refractivity contribution in [2.75, 3.05) is 6.61 Å². The third kappa shape index (κ3) is 3.43. The number of nitrogens with two attached hydrogens (primary N) is 1. The number of carbonyl (C=O) groups is 1. The lowest BCUT2D eigenvalue weighted by molar-refractivity contribution is 0.0948. The molecule has 0 aliphatic heterocycles. The molecule has 1 aromatic heterocycles. The Bertz CT molecular complexity index is 619. The molecule has 1 heterocycles. The van der Waals surface area contributed by atoms with Crippen molar-refractivity contribution >= 4 is 17.5 Å². The van der Waals surface area contributed by atoms with Gasteiger partial charge < -0.3 is 4.74 Å². The number of nitrogen functional groups attached to an aromatic ring is 1. The molecule has 0 fully saturated rings. The smallest absolute Gasteiger partial charge is 0.287 e. The monoisotopic (exact) mass is 299 g/mol. The molecule has 20 heavy (non-hydrogen) atoms. The van der Waals surface area contributed by atoms with Crippen molar-refractivity contribution in [2.24, 2.45) is 5.84 Å². The van der Waals surface area contributed by atoms with Crippen LogP contribution in [-0.2, 0) is 6.54 Å². The molecule has 9 heteroatoms. The maximum absolute atomic E-state index is 12.9. The molecule has 0 bridgehead atoms. The maximum atomic E-state index is 12.9. The standard InChI is InChI=1S/C11H11ClFN5O2/c12-8-5-7(1-2-9(8)13)20-4-3-18-6-10(16-17-18)11(19)15-14/h1-2,5-6H,3-4,14H2,(H,15,19). The van der Waals surface area contributed by atoms with Crippen LogP contribution in [0.4, 0.5) is 4.39 Å². The molecule has 2 rings (SSSR count). The first-order valence-corrected chi connectivity index (χ1v) is 5.97. The van der Waals surface area contributed by atoms with E-state index in [0.29, 0.717) is 12.3 Å². The fourth-order valence-electron chi connectivity index (χ4n) is 1.41. The largest absolute Gasteiger partial charge is 0.492 e. The normalized spacial score (nSPS) is 10.3. The minimum atomic E-state index is -0.525. The summed E-state index contributed by atoms with van der Waals surface area (Å²) in [5.74, 6) is 4.38. The van der Waals surface area contributed by atoms with Crippen LogP contribution in [0, 0.1) is 5.82 Å². The zero-order valence-corrected chi connectivity index (χ0v) is 11.0. The number of nitrogens with one attached hydrogen (secondary N) is 1. The van der Waals surface area contributed by atoms with Gasteiger partial charge in [0.05, 0.1) is 17.8 Å². The van der Waals surface area contributed by atoms with E-state index in [9.17, 15) is 9.18 Å². The highest BCUT2D eigenvalue weighted by molar-refractivity contribution is 6.30. The van der Waals surface area contributed by atoms with Gasteiger partial charge in [-0.3, -0.25) is 10.2 Å². The lowest BCUT2D eigenvalue weighted by Gasteiger charge is -2.06. The van der Waals surface area contributed by atoms with Gasteiger partial charge in [-0.25, -0.2) is 14.9 Å². The average Bonchev–Trinajstić information content (AvgIpc) is 2.91. The minimum Gasteiger partial charge on any atom is -0.492 e. The van der Waals surface area contributed by atoms with Gasteiger partial charge in [-0.2, -0.15) is 0 Å². The Labute approximate surface area is 118 Å². The number of nitrogens with zero attached hydrogens (tertiary/aromatic N) is 3. The van der Waals surface area contributed by atoms with Crippen molar-refractivity contribution in [1.29, 1.82) is 0 Å². The second-order valence-corrected chi connectivity index (χ2v) is 4.17. The molecular weight excluding hydrogens is 289 g/mol. The van der Waals surface area contributed by atoms with Crippen LogP contribution < -0.4 is 16.0 Å². The Hall–Kier alpha value is -2.19. The number of hydrogen-bond donors (Lipinski definition) is 2. The van der Waals surface area contributed by atoms with Crippen molar-refractivity contribution in [3.8, 4) is 5.75 Å². The second kappa shape index (κ2) is 6.31. The number of carbonyl (C=O) groups excluding carboxylic acids is 1. The summed E-state index contributed by atoms with van der Waals surface area (Å²) in [6.07, 6.45) is 1.43. The molecule has 0 saturated carbocycles. The molecule has 0 saturated heterocycles. The number of halogens is 2. The molecule has 0 aliphatic carbocycles. The fourth-order valence-corrected chi connectivity index (χ4v) is 1.58. The highest BCUT2D eigenvalue weighted by Crippen LogP contribution is 2.20. The van der Waals surface area contributed by atoms with Crippen LogP contribution in [0.15, 0.2) is 24.4 Å². The van der Waals surface area contributed by atoms with Gasteiger partial charge >= 0.3 is 0 Å². The molecule has 7 nitrogen and oxygen atoms in total. The summed E-state index contributed by atoms with van der Waals surface area (Å²) in [4.78, 5) is 11.2. The van der Waals surface area contributed by atoms with E-state index in [1.165, 1.54) is 29.1 Å². The first kappa shape index (κ1) is 14.2. The lowest BCUT2D eigenvalue weighted by atomic mass is 10.3. The lowest BCUT2D eigenvalue weighted by Crippen LogP contribution is -2.30. The van der Waals surface area contributed by atoms with Crippen LogP contribution in [0.3, 0.4) is 0 Å². The van der Waals surface area contributed by atoms with E-state index in [4.69, 9.17) is 22.2 Å². The Morgan fingerprint density at radius 1 is 1.55 bits per heavy atom. The Balaban J connectivity index is 1.88. The van der Waals surface area contributed by atoms with E-state index < -0.39 is 11.7 Å². The number of hydrazine groups is 1. The number of aromatic nitrogens is 3. The van der Waals surface area contributed by atoms with E-state index >= 15 is 0 Å². The van der Waals surface area contributed by atoms with E-state index in [1.54, 1.807) is 0 Å². The number of rotatable bonds is 5. The fraction of sp³-hybridized carbons (Fsp3) is 0.182. The Morgan fingerprint density at radius 3 is 3.05 bits per heavy atom. The van der Waals surface area contributed by atoms with Crippen LogP contribution in [-0.4, -0.2) is 27.5 Å². The molecule has 2 aromatic rings. The molecule has 106 valence electrons. The van der Waals surface area contributed by atoms with Gasteiger partial charge in [0.15, 0.2) is 5.69 Å². The third-order valence-electron chi connectivity index (χ3n) is 2.38. The zero-order valence-electron chi connectivity index (χ0n) is 10.2. The molecule has 0 radical (unpaired) electrons. The van der Waals surface area contributed by atoms with E-state index in [2.05, 4.69) is 10.3 Å². The summed E-state index contributed by atoms with van der Waals surface area (Å²) in [7, 11) is 0. The number of ether oxygens (including phenoxy) is 1. The molecule has 0 spiro atoms. The quantitative estimate of drug-likeness (QED) is 0.483. The highest BCUT2D eigenvalue weighted by Gasteiger charge is 2.08. The Morgan fingerprint density at radius 2 is 2.35 bits per heavy atom. The zero-order chi connectivity index (χ0) is 14.5. The van der Waals surface area contributed by atoms with E-state index in [-0.39, 0.29) is 17.3 Å². The molecular formula is C11H11ClFN5O2. The van der Waals surface area contributed by atoms with Crippen LogP contribution in [0.5, 0.6) is 5.75 Å². The first-order chi connectivity index (χ1) is 9.60. The van der Waals surface area contributed by atoms with Crippen LogP contribution >= 0.6 is 11.6 Å². The van der Waals surface area contributed by atoms with Crippen molar-refractivity contribution in [2.45, 2.75) is 6.54 Å². The maximum Gasteiger partial charge on any atom is 0.287 e. The van der Waals surface area contributed by atoms with Crippen LogP contribution in [0.1, 0.15) is 10.5 Å². The van der Waals surface area contributed by atoms with Gasteiger partial charge in [0.2, 0.25) is 0 Å². The predicted molar refractivity (Wildman–Crippen MR) is 68.6 cm³/mol. The summed E-state index contributed by atoms with van der Waals surface area (Å²) in [6, 6.07) is 4.07.